The van der Waals surface area contributed by atoms with Crippen molar-refractivity contribution >= 4 is 46.2 Å². The highest BCUT2D eigenvalue weighted by atomic mass is 35.5. The molecule has 3 rings (SSSR count). The van der Waals surface area contributed by atoms with E-state index in [-0.39, 0.29) is 6.61 Å². The lowest BCUT2D eigenvalue weighted by Gasteiger charge is -2.19. The van der Waals surface area contributed by atoms with Crippen molar-refractivity contribution in [2.24, 2.45) is 0 Å². The number of aromatic nitrogens is 2. The van der Waals surface area contributed by atoms with Gasteiger partial charge in [0.15, 0.2) is 0 Å². The third kappa shape index (κ3) is 9.86. The van der Waals surface area contributed by atoms with Gasteiger partial charge in [-0.25, -0.2) is 9.78 Å². The van der Waals surface area contributed by atoms with Crippen molar-refractivity contribution in [2.45, 2.75) is 39.1 Å². The van der Waals surface area contributed by atoms with Crippen molar-refractivity contribution in [2.75, 3.05) is 38.1 Å². The quantitative estimate of drug-likeness (QED) is 0.242. The number of anilines is 1. The van der Waals surface area contributed by atoms with E-state index in [2.05, 4.69) is 24.1 Å². The number of rotatable bonds is 12. The van der Waals surface area contributed by atoms with Crippen LogP contribution in [0.3, 0.4) is 0 Å². The number of carboxylic acids is 1. The molecule has 0 fully saturated rings. The number of fused-ring (bicyclic) bond motifs is 1. The normalized spacial score (nSPS) is 12.2. The molecular formula is C25H31Cl2F3N4O4. The van der Waals surface area contributed by atoms with Crippen molar-refractivity contribution in [1.29, 1.82) is 0 Å². The second-order valence-corrected chi connectivity index (χ2v) is 9.03. The van der Waals surface area contributed by atoms with Gasteiger partial charge in [0.1, 0.15) is 18.5 Å². The van der Waals surface area contributed by atoms with Gasteiger partial charge in [-0.05, 0) is 56.4 Å². The predicted molar refractivity (Wildman–Crippen MR) is 142 cm³/mol. The van der Waals surface area contributed by atoms with Gasteiger partial charge < -0.3 is 29.7 Å². The number of aliphatic hydroxyl groups excluding tert-OH is 1. The van der Waals surface area contributed by atoms with E-state index in [4.69, 9.17) is 42.8 Å². The van der Waals surface area contributed by atoms with E-state index in [1.165, 1.54) is 0 Å². The first-order valence-corrected chi connectivity index (χ1v) is 12.7. The number of carbonyl (C=O) groups is 1. The average Bonchev–Trinajstić information content (AvgIpc) is 3.20. The van der Waals surface area contributed by atoms with Gasteiger partial charge in [-0.15, -0.1) is 0 Å². The number of nitrogens with zero attached hydrogens (tertiary/aromatic N) is 3. The molecule has 210 valence electrons. The van der Waals surface area contributed by atoms with Crippen LogP contribution >= 0.6 is 23.2 Å². The highest BCUT2D eigenvalue weighted by molar-refractivity contribution is 6.35. The van der Waals surface area contributed by atoms with Crippen LogP contribution in [0.1, 0.15) is 20.3 Å². The Balaban J connectivity index is 0.000000638. The maximum absolute atomic E-state index is 10.6. The lowest BCUT2D eigenvalue weighted by atomic mass is 10.3. The highest BCUT2D eigenvalue weighted by Crippen LogP contribution is 2.28. The largest absolute Gasteiger partial charge is 0.490 e. The second-order valence-electron chi connectivity index (χ2n) is 8.18. The zero-order valence-electron chi connectivity index (χ0n) is 21.0. The Bertz CT molecular complexity index is 1170. The summed E-state index contributed by atoms with van der Waals surface area (Å²) in [7, 11) is 0. The van der Waals surface area contributed by atoms with E-state index in [1.807, 2.05) is 28.8 Å². The predicted octanol–water partition coefficient (Wildman–Crippen LogP) is 5.56. The summed E-state index contributed by atoms with van der Waals surface area (Å²) in [6, 6.07) is 12.9. The van der Waals surface area contributed by atoms with Crippen molar-refractivity contribution in [3.63, 3.8) is 0 Å². The number of aliphatic hydroxyl groups is 1. The van der Waals surface area contributed by atoms with Gasteiger partial charge >= 0.3 is 12.1 Å². The molecule has 1 atom stereocenters. The number of hydrogen-bond acceptors (Lipinski definition) is 6. The third-order valence-corrected chi connectivity index (χ3v) is 5.97. The molecule has 0 saturated heterocycles. The minimum Gasteiger partial charge on any atom is -0.489 e. The summed E-state index contributed by atoms with van der Waals surface area (Å²) in [6.45, 7) is 8.77. The number of alkyl halides is 3. The van der Waals surface area contributed by atoms with Crippen LogP contribution in [0.25, 0.3) is 11.0 Å². The van der Waals surface area contributed by atoms with E-state index < -0.39 is 18.2 Å². The van der Waals surface area contributed by atoms with Crippen molar-refractivity contribution in [3.05, 3.63) is 52.5 Å². The average molecular weight is 579 g/mol. The number of ether oxygens (including phenoxy) is 1. The Morgan fingerprint density at radius 3 is 2.45 bits per heavy atom. The topological polar surface area (TPSA) is 99.9 Å². The molecule has 1 aromatic heterocycles. The van der Waals surface area contributed by atoms with Gasteiger partial charge in [-0.3, -0.25) is 0 Å². The van der Waals surface area contributed by atoms with E-state index >= 15 is 0 Å². The van der Waals surface area contributed by atoms with Gasteiger partial charge in [0, 0.05) is 11.6 Å². The van der Waals surface area contributed by atoms with Crippen molar-refractivity contribution < 1.29 is 32.9 Å². The minimum atomic E-state index is -5.08. The first-order valence-electron chi connectivity index (χ1n) is 11.9. The van der Waals surface area contributed by atoms with Gasteiger partial charge in [0.2, 0.25) is 5.95 Å². The summed E-state index contributed by atoms with van der Waals surface area (Å²) < 4.78 is 39.4. The first kappa shape index (κ1) is 31.5. The molecule has 0 spiro atoms. The van der Waals surface area contributed by atoms with Crippen LogP contribution in [-0.2, 0) is 11.3 Å². The summed E-state index contributed by atoms with van der Waals surface area (Å²) in [5.41, 5.74) is 1.86. The van der Waals surface area contributed by atoms with Crippen LogP contribution in [0, 0.1) is 0 Å². The Hall–Kier alpha value is -2.73. The van der Waals surface area contributed by atoms with Gasteiger partial charge in [0.05, 0.1) is 22.6 Å². The van der Waals surface area contributed by atoms with Crippen LogP contribution in [0.5, 0.6) is 5.75 Å². The maximum Gasteiger partial charge on any atom is 0.490 e. The summed E-state index contributed by atoms with van der Waals surface area (Å²) in [6.07, 6.45) is -4.80. The lowest BCUT2D eigenvalue weighted by molar-refractivity contribution is -0.192. The zero-order valence-corrected chi connectivity index (χ0v) is 22.5. The molecule has 3 aromatic rings. The summed E-state index contributed by atoms with van der Waals surface area (Å²) in [5, 5.41) is 22.2. The number of nitrogens with one attached hydrogen (secondary N) is 1. The fraction of sp³-hybridized carbons (Fsp3) is 0.440. The molecule has 0 radical (unpaired) electrons. The van der Waals surface area contributed by atoms with Crippen LogP contribution in [-0.4, -0.2) is 75.7 Å². The minimum absolute atomic E-state index is 0.106. The van der Waals surface area contributed by atoms with E-state index in [0.717, 1.165) is 49.6 Å². The molecule has 3 N–H and O–H groups in total. The fourth-order valence-electron chi connectivity index (χ4n) is 3.48. The zero-order chi connectivity index (χ0) is 28.3. The number of hydrogen-bond donors (Lipinski definition) is 3. The van der Waals surface area contributed by atoms with Gasteiger partial charge in [-0.2, -0.15) is 13.2 Å². The molecule has 2 aromatic carbocycles. The van der Waals surface area contributed by atoms with E-state index in [1.54, 1.807) is 18.2 Å². The molecular weight excluding hydrogens is 548 g/mol. The molecule has 0 aliphatic carbocycles. The molecule has 0 bridgehead atoms. The number of para-hydroxylation sites is 2. The molecule has 0 aliphatic rings. The Morgan fingerprint density at radius 1 is 1.18 bits per heavy atom. The fourth-order valence-corrected chi connectivity index (χ4v) is 3.94. The summed E-state index contributed by atoms with van der Waals surface area (Å²) >= 11 is 12.1. The number of benzene rings is 2. The van der Waals surface area contributed by atoms with E-state index in [0.29, 0.717) is 22.3 Å². The van der Waals surface area contributed by atoms with Crippen molar-refractivity contribution in [1.82, 2.24) is 14.5 Å². The van der Waals surface area contributed by atoms with Crippen molar-refractivity contribution in [3.8, 4) is 5.75 Å². The summed E-state index contributed by atoms with van der Waals surface area (Å²) in [4.78, 5) is 16.0. The second kappa shape index (κ2) is 15.0. The smallest absolute Gasteiger partial charge is 0.489 e. The Labute approximate surface area is 228 Å². The lowest BCUT2D eigenvalue weighted by Crippen LogP contribution is -2.26. The number of imidazole rings is 1. The number of carboxylic acid groups (broad SMARTS) is 1. The molecule has 1 heterocycles. The van der Waals surface area contributed by atoms with E-state index in [9.17, 15) is 18.3 Å². The van der Waals surface area contributed by atoms with Crippen LogP contribution in [0.15, 0.2) is 42.5 Å². The van der Waals surface area contributed by atoms with Gasteiger partial charge in [-0.1, -0.05) is 49.2 Å². The molecule has 38 heavy (non-hydrogen) atoms. The number of aliphatic carboxylic acids is 1. The van der Waals surface area contributed by atoms with Gasteiger partial charge in [0.25, 0.3) is 0 Å². The molecule has 1 unspecified atom stereocenters. The van der Waals surface area contributed by atoms with Crippen LogP contribution < -0.4 is 10.1 Å². The Morgan fingerprint density at radius 2 is 1.84 bits per heavy atom. The maximum atomic E-state index is 10.6. The molecule has 0 aliphatic heterocycles. The monoisotopic (exact) mass is 578 g/mol. The Kier molecular flexibility index (Phi) is 12.4. The molecule has 0 amide bonds. The summed E-state index contributed by atoms with van der Waals surface area (Å²) in [5.74, 6) is -1.51. The molecule has 0 saturated carbocycles. The highest BCUT2D eigenvalue weighted by Gasteiger charge is 2.38. The SMILES string of the molecule is CCN(CC)CCCNc1nc2ccccc2n1CC(O)COc1ccc(Cl)cc1Cl.O=C(O)C(F)(F)F. The first-order chi connectivity index (χ1) is 18.0. The third-order valence-electron chi connectivity index (χ3n) is 5.44. The van der Waals surface area contributed by atoms with Crippen LogP contribution in [0.4, 0.5) is 19.1 Å². The molecule has 13 heteroatoms. The van der Waals surface area contributed by atoms with Crippen LogP contribution in [0.2, 0.25) is 10.0 Å². The molecule has 8 nitrogen and oxygen atoms in total. The number of halogens is 5. The standard InChI is InChI=1S/C23H30Cl2N4O2.C2HF3O2/c1-3-28(4-2)13-7-12-26-23-27-20-8-5-6-9-21(20)29(23)15-18(30)16-31-22-11-10-17(24)14-19(22)25;3-2(4,5)1(6)7/h5-6,8-11,14,18,30H,3-4,7,12-13,15-16H2,1-2H3,(H,26,27);(H,6,7).